The van der Waals surface area contributed by atoms with Gasteiger partial charge in [-0.2, -0.15) is 31.9 Å². The summed E-state index contributed by atoms with van der Waals surface area (Å²) in [4.78, 5) is 12.1. The van der Waals surface area contributed by atoms with Crippen LogP contribution in [0.15, 0.2) is 65.6 Å². The molecule has 5 rings (SSSR count). The molecule has 0 fully saturated rings. The lowest BCUT2D eigenvalue weighted by Gasteiger charge is -2.15. The smallest absolute Gasteiger partial charge is 0.417 e. The van der Waals surface area contributed by atoms with Crippen LogP contribution in [-0.4, -0.2) is 58.0 Å². The number of aromatic amines is 1. The SMILES string of the molecule is COCCOc1nc(-c2ccccc2C(F)(F)F)cc2nc(-c3c(C#N)c(C(C)(C)C)nn3C)[nH]c12.O=S(=O)(O)c1ccccc1. The number of rotatable bonds is 7. The molecule has 46 heavy (non-hydrogen) atoms. The van der Waals surface area contributed by atoms with Gasteiger partial charge in [-0.1, -0.05) is 57.2 Å². The van der Waals surface area contributed by atoms with Gasteiger partial charge in [0.05, 0.1) is 34.0 Å². The Hall–Kier alpha value is -4.78. The predicted octanol–water partition coefficient (Wildman–Crippen LogP) is 6.17. The molecule has 3 heterocycles. The number of fused-ring (bicyclic) bond motifs is 1. The van der Waals surface area contributed by atoms with Crippen LogP contribution in [0, 0.1) is 11.3 Å². The largest absolute Gasteiger partial charge is 0.474 e. The summed E-state index contributed by atoms with van der Waals surface area (Å²) in [5.74, 6) is 0.402. The van der Waals surface area contributed by atoms with Gasteiger partial charge in [0.1, 0.15) is 29.5 Å². The van der Waals surface area contributed by atoms with Crippen molar-refractivity contribution in [2.75, 3.05) is 20.3 Å². The molecule has 5 aromatic rings. The molecule has 0 radical (unpaired) electrons. The van der Waals surface area contributed by atoms with Crippen LogP contribution >= 0.6 is 0 Å². The second-order valence-corrected chi connectivity index (χ2v) is 12.4. The Labute approximate surface area is 263 Å². The highest BCUT2D eigenvalue weighted by Crippen LogP contribution is 2.39. The van der Waals surface area contributed by atoms with Crippen molar-refractivity contribution in [1.29, 1.82) is 5.26 Å². The zero-order valence-corrected chi connectivity index (χ0v) is 26.4. The lowest BCUT2D eigenvalue weighted by atomic mass is 9.89. The van der Waals surface area contributed by atoms with Crippen molar-refractivity contribution in [2.45, 2.75) is 37.3 Å². The number of aryl methyl sites for hydroxylation is 1. The molecule has 0 saturated heterocycles. The van der Waals surface area contributed by atoms with Gasteiger partial charge < -0.3 is 14.5 Å². The van der Waals surface area contributed by atoms with Crippen molar-refractivity contribution in [3.05, 3.63) is 77.5 Å². The Kier molecular flexibility index (Phi) is 9.85. The number of nitrogens with one attached hydrogen (secondary N) is 1. The van der Waals surface area contributed by atoms with E-state index < -0.39 is 27.3 Å². The molecular formula is C31H31F3N6O5S. The molecule has 0 aliphatic rings. The summed E-state index contributed by atoms with van der Waals surface area (Å²) in [7, 11) is -0.787. The van der Waals surface area contributed by atoms with Crippen LogP contribution in [-0.2, 0) is 33.5 Å². The quantitative estimate of drug-likeness (QED) is 0.154. The number of hydrogen-bond acceptors (Lipinski definition) is 8. The number of benzene rings is 2. The topological polar surface area (TPSA) is 156 Å². The summed E-state index contributed by atoms with van der Waals surface area (Å²) in [6, 6.07) is 16.3. The minimum absolute atomic E-state index is 0.0572. The van der Waals surface area contributed by atoms with Gasteiger partial charge in [-0.05, 0) is 24.3 Å². The molecule has 11 nitrogen and oxygen atoms in total. The summed E-state index contributed by atoms with van der Waals surface area (Å²) in [6.07, 6.45) is -4.57. The maximum Gasteiger partial charge on any atom is 0.417 e. The molecule has 242 valence electrons. The van der Waals surface area contributed by atoms with Crippen molar-refractivity contribution >= 4 is 21.2 Å². The van der Waals surface area contributed by atoms with Gasteiger partial charge in [-0.15, -0.1) is 0 Å². The van der Waals surface area contributed by atoms with Gasteiger partial charge in [-0.25, -0.2) is 9.97 Å². The number of alkyl halides is 3. The molecular weight excluding hydrogens is 625 g/mol. The van der Waals surface area contributed by atoms with Crippen LogP contribution in [0.4, 0.5) is 13.2 Å². The van der Waals surface area contributed by atoms with Crippen molar-refractivity contribution < 1.29 is 35.6 Å². The summed E-state index contributed by atoms with van der Waals surface area (Å²) in [5, 5.41) is 14.4. The first kappa shape index (κ1) is 34.1. The molecule has 0 amide bonds. The molecule has 0 aliphatic heterocycles. The van der Waals surface area contributed by atoms with Gasteiger partial charge in [0, 0.05) is 25.1 Å². The maximum atomic E-state index is 13.7. The van der Waals surface area contributed by atoms with E-state index >= 15 is 0 Å². The molecule has 2 N–H and O–H groups in total. The number of ether oxygens (including phenoxy) is 2. The standard InChI is InChI=1S/C25H25F3N6O2.C6H6O3S/c1-24(2,3)21-15(13-29)20(34(4)33-21)22-30-18-12-17(14-8-6-7-9-16(14)25(26,27)28)31-23(19(18)32-22)36-11-10-35-5;7-10(8,9)6-4-2-1-3-5-6/h6-9,12H,10-11H2,1-5H3,(H,30,32);1-5H,(H,7,8,9). The van der Waals surface area contributed by atoms with Crippen LogP contribution in [0.3, 0.4) is 0 Å². The highest BCUT2D eigenvalue weighted by molar-refractivity contribution is 7.85. The monoisotopic (exact) mass is 656 g/mol. The highest BCUT2D eigenvalue weighted by atomic mass is 32.2. The molecule has 3 aromatic heterocycles. The van der Waals surface area contributed by atoms with Gasteiger partial charge in [0.2, 0.25) is 5.88 Å². The van der Waals surface area contributed by atoms with E-state index in [0.29, 0.717) is 33.8 Å². The van der Waals surface area contributed by atoms with Crippen LogP contribution in [0.2, 0.25) is 0 Å². The number of imidazole rings is 1. The first-order valence-electron chi connectivity index (χ1n) is 13.8. The van der Waals surface area contributed by atoms with Crippen LogP contribution in [0.1, 0.15) is 37.6 Å². The molecule has 0 saturated carbocycles. The number of aromatic nitrogens is 5. The maximum absolute atomic E-state index is 13.7. The minimum atomic E-state index is -4.57. The normalized spacial score (nSPS) is 12.0. The van der Waals surface area contributed by atoms with Crippen molar-refractivity contribution in [1.82, 2.24) is 24.7 Å². The lowest BCUT2D eigenvalue weighted by Crippen LogP contribution is -2.14. The molecule has 15 heteroatoms. The van der Waals surface area contributed by atoms with Crippen LogP contribution in [0.5, 0.6) is 5.88 Å². The predicted molar refractivity (Wildman–Crippen MR) is 164 cm³/mol. The molecule has 0 spiro atoms. The molecule has 0 bridgehead atoms. The van der Waals surface area contributed by atoms with E-state index in [4.69, 9.17) is 14.0 Å². The number of halogens is 3. The second kappa shape index (κ2) is 13.3. The fourth-order valence-electron chi connectivity index (χ4n) is 4.53. The van der Waals surface area contributed by atoms with E-state index in [9.17, 15) is 26.9 Å². The third kappa shape index (κ3) is 7.53. The van der Waals surface area contributed by atoms with Gasteiger partial charge in [0.25, 0.3) is 10.1 Å². The number of nitriles is 1. The molecule has 0 unspecified atom stereocenters. The second-order valence-electron chi connectivity index (χ2n) is 11.0. The van der Waals surface area contributed by atoms with E-state index in [2.05, 4.69) is 26.1 Å². The summed E-state index contributed by atoms with van der Waals surface area (Å²) in [5.41, 5.74) is 0.903. The van der Waals surface area contributed by atoms with Crippen LogP contribution in [0.25, 0.3) is 33.8 Å². The summed E-state index contributed by atoms with van der Waals surface area (Å²) >= 11 is 0. The van der Waals surface area contributed by atoms with E-state index in [0.717, 1.165) is 6.07 Å². The molecule has 0 atom stereocenters. The van der Waals surface area contributed by atoms with Gasteiger partial charge in [0.15, 0.2) is 5.82 Å². The Morgan fingerprint density at radius 3 is 2.24 bits per heavy atom. The number of pyridine rings is 1. The van der Waals surface area contributed by atoms with Crippen molar-refractivity contribution in [3.63, 3.8) is 0 Å². The number of methoxy groups -OCH3 is 1. The Morgan fingerprint density at radius 1 is 1.02 bits per heavy atom. The average molecular weight is 657 g/mol. The fraction of sp³-hybridized carbons (Fsp3) is 0.290. The van der Waals surface area contributed by atoms with Crippen LogP contribution < -0.4 is 4.74 Å². The van der Waals surface area contributed by atoms with E-state index in [1.807, 2.05) is 20.8 Å². The van der Waals surface area contributed by atoms with Gasteiger partial charge >= 0.3 is 6.18 Å². The van der Waals surface area contributed by atoms with E-state index in [1.165, 1.54) is 43.5 Å². The third-order valence-electron chi connectivity index (χ3n) is 6.61. The van der Waals surface area contributed by atoms with Crippen molar-refractivity contribution in [2.24, 2.45) is 7.05 Å². The first-order valence-corrected chi connectivity index (χ1v) is 15.2. The van der Waals surface area contributed by atoms with Crippen molar-refractivity contribution in [3.8, 4) is 34.7 Å². The zero-order valence-electron chi connectivity index (χ0n) is 25.5. The number of hydrogen-bond donors (Lipinski definition) is 2. The highest BCUT2D eigenvalue weighted by Gasteiger charge is 2.34. The molecule has 0 aliphatic carbocycles. The Balaban J connectivity index is 0.000000409. The summed E-state index contributed by atoms with van der Waals surface area (Å²) in [6.45, 7) is 6.24. The van der Waals surface area contributed by atoms with Gasteiger partial charge in [-0.3, -0.25) is 9.23 Å². The first-order chi connectivity index (χ1) is 21.6. The Morgan fingerprint density at radius 2 is 1.67 bits per heavy atom. The number of nitrogens with zero attached hydrogens (tertiary/aromatic N) is 5. The van der Waals surface area contributed by atoms with E-state index in [-0.39, 0.29) is 35.2 Å². The average Bonchev–Trinajstić information content (AvgIpc) is 3.57. The summed E-state index contributed by atoms with van der Waals surface area (Å²) < 4.78 is 82.7. The van der Waals surface area contributed by atoms with E-state index in [1.54, 1.807) is 29.9 Å². The fourth-order valence-corrected chi connectivity index (χ4v) is 5.03. The zero-order chi connectivity index (χ0) is 33.9. The minimum Gasteiger partial charge on any atom is -0.474 e. The Bertz CT molecular complexity index is 1990. The lowest BCUT2D eigenvalue weighted by molar-refractivity contribution is -0.137. The number of H-pyrrole nitrogens is 1. The third-order valence-corrected chi connectivity index (χ3v) is 7.48. The molecule has 2 aromatic carbocycles.